The minimum atomic E-state index is 0.242. The number of nitrogens with one attached hydrogen (secondary N) is 1. The molecule has 0 radical (unpaired) electrons. The van der Waals surface area contributed by atoms with Crippen LogP contribution in [-0.2, 0) is 4.74 Å². The van der Waals surface area contributed by atoms with Crippen LogP contribution < -0.4 is 5.32 Å². The molecule has 2 nitrogen and oxygen atoms in total. The van der Waals surface area contributed by atoms with E-state index in [4.69, 9.17) is 4.74 Å². The summed E-state index contributed by atoms with van der Waals surface area (Å²) >= 11 is 5.86. The first-order valence-electron chi connectivity index (χ1n) is 5.28. The summed E-state index contributed by atoms with van der Waals surface area (Å²) in [6.07, 6.45) is 0.265. The maximum atomic E-state index is 5.66. The van der Waals surface area contributed by atoms with Crippen molar-refractivity contribution in [1.82, 2.24) is 5.32 Å². The second kappa shape index (κ2) is 6.93. The van der Waals surface area contributed by atoms with Crippen LogP contribution >= 0.6 is 38.5 Å². The van der Waals surface area contributed by atoms with Crippen molar-refractivity contribution in [2.24, 2.45) is 0 Å². The third-order valence-corrected chi connectivity index (χ3v) is 3.75. The van der Waals surface area contributed by atoms with Gasteiger partial charge in [0.25, 0.3) is 0 Å². The summed E-state index contributed by atoms with van der Waals surface area (Å²) in [7, 11) is 1.96. The fourth-order valence-electron chi connectivity index (χ4n) is 1.40. The zero-order valence-corrected chi connectivity index (χ0v) is 13.5. The SMILES string of the molecule is CNC(COC(C)C)c1cc(Br)ccc1I. The van der Waals surface area contributed by atoms with Gasteiger partial charge in [-0.05, 0) is 67.2 Å². The Morgan fingerprint density at radius 1 is 1.44 bits per heavy atom. The van der Waals surface area contributed by atoms with Gasteiger partial charge >= 0.3 is 0 Å². The van der Waals surface area contributed by atoms with Crippen molar-refractivity contribution in [2.45, 2.75) is 26.0 Å². The second-order valence-electron chi connectivity index (χ2n) is 3.89. The zero-order valence-electron chi connectivity index (χ0n) is 9.76. The second-order valence-corrected chi connectivity index (χ2v) is 5.97. The number of hydrogen-bond donors (Lipinski definition) is 1. The summed E-state index contributed by atoms with van der Waals surface area (Å²) in [5.74, 6) is 0. The molecule has 0 aliphatic carbocycles. The third-order valence-electron chi connectivity index (χ3n) is 2.28. The number of rotatable bonds is 5. The van der Waals surface area contributed by atoms with E-state index in [2.05, 4.69) is 75.9 Å². The average Bonchev–Trinajstić information content (AvgIpc) is 2.23. The highest BCUT2D eigenvalue weighted by atomic mass is 127. The molecule has 0 aliphatic rings. The monoisotopic (exact) mass is 397 g/mol. The van der Waals surface area contributed by atoms with Gasteiger partial charge < -0.3 is 10.1 Å². The molecule has 16 heavy (non-hydrogen) atoms. The molecule has 1 unspecified atom stereocenters. The molecule has 4 heteroatoms. The molecule has 0 saturated heterocycles. The highest BCUT2D eigenvalue weighted by Gasteiger charge is 2.13. The molecule has 90 valence electrons. The van der Waals surface area contributed by atoms with Crippen LogP contribution in [0.25, 0.3) is 0 Å². The minimum Gasteiger partial charge on any atom is -0.377 e. The van der Waals surface area contributed by atoms with Gasteiger partial charge in [-0.1, -0.05) is 15.9 Å². The Hall–Kier alpha value is 0.350. The van der Waals surface area contributed by atoms with E-state index in [1.807, 2.05) is 7.05 Å². The highest BCUT2D eigenvalue weighted by Crippen LogP contribution is 2.24. The smallest absolute Gasteiger partial charge is 0.0665 e. The summed E-state index contributed by atoms with van der Waals surface area (Å²) in [6.45, 7) is 4.80. The lowest BCUT2D eigenvalue weighted by molar-refractivity contribution is 0.0625. The van der Waals surface area contributed by atoms with Crippen molar-refractivity contribution < 1.29 is 4.74 Å². The van der Waals surface area contributed by atoms with Gasteiger partial charge in [-0.15, -0.1) is 0 Å². The van der Waals surface area contributed by atoms with Crippen LogP contribution in [-0.4, -0.2) is 19.8 Å². The summed E-state index contributed by atoms with van der Waals surface area (Å²) < 4.78 is 8.02. The molecular formula is C12H17BrINO. The number of ether oxygens (including phenoxy) is 1. The topological polar surface area (TPSA) is 21.3 Å². The zero-order chi connectivity index (χ0) is 12.1. The molecule has 1 aromatic carbocycles. The van der Waals surface area contributed by atoms with Gasteiger partial charge in [0.05, 0.1) is 18.8 Å². The van der Waals surface area contributed by atoms with Gasteiger partial charge in [0.2, 0.25) is 0 Å². The van der Waals surface area contributed by atoms with Crippen LogP contribution in [0.5, 0.6) is 0 Å². The Labute approximate surface area is 119 Å². The highest BCUT2D eigenvalue weighted by molar-refractivity contribution is 14.1. The first-order valence-corrected chi connectivity index (χ1v) is 7.15. The molecule has 0 saturated carbocycles. The Kier molecular flexibility index (Phi) is 6.25. The Balaban J connectivity index is 2.81. The van der Waals surface area contributed by atoms with Crippen LogP contribution in [0.3, 0.4) is 0 Å². The van der Waals surface area contributed by atoms with Crippen LogP contribution in [0.4, 0.5) is 0 Å². The van der Waals surface area contributed by atoms with E-state index >= 15 is 0 Å². The van der Waals surface area contributed by atoms with Gasteiger partial charge in [0.15, 0.2) is 0 Å². The maximum absolute atomic E-state index is 5.66. The van der Waals surface area contributed by atoms with Crippen molar-refractivity contribution >= 4 is 38.5 Å². The van der Waals surface area contributed by atoms with Crippen LogP contribution in [0.15, 0.2) is 22.7 Å². The van der Waals surface area contributed by atoms with Gasteiger partial charge in [-0.2, -0.15) is 0 Å². The van der Waals surface area contributed by atoms with E-state index in [-0.39, 0.29) is 12.1 Å². The lowest BCUT2D eigenvalue weighted by Crippen LogP contribution is -2.24. The van der Waals surface area contributed by atoms with E-state index in [1.165, 1.54) is 9.13 Å². The van der Waals surface area contributed by atoms with Crippen LogP contribution in [0, 0.1) is 3.57 Å². The van der Waals surface area contributed by atoms with E-state index in [0.29, 0.717) is 6.61 Å². The summed E-state index contributed by atoms with van der Waals surface area (Å²) in [5, 5.41) is 3.29. The quantitative estimate of drug-likeness (QED) is 0.764. The number of halogens is 2. The molecule has 1 aromatic rings. The van der Waals surface area contributed by atoms with Crippen molar-refractivity contribution in [3.05, 3.63) is 31.8 Å². The van der Waals surface area contributed by atoms with Crippen molar-refractivity contribution in [3.63, 3.8) is 0 Å². The Morgan fingerprint density at radius 2 is 2.12 bits per heavy atom. The lowest BCUT2D eigenvalue weighted by atomic mass is 10.1. The van der Waals surface area contributed by atoms with Gasteiger partial charge in [-0.25, -0.2) is 0 Å². The molecule has 0 heterocycles. The van der Waals surface area contributed by atoms with Crippen molar-refractivity contribution in [3.8, 4) is 0 Å². The first kappa shape index (κ1) is 14.4. The predicted molar refractivity (Wildman–Crippen MR) is 79.7 cm³/mol. The molecule has 1 N–H and O–H groups in total. The van der Waals surface area contributed by atoms with E-state index in [9.17, 15) is 0 Å². The normalized spacial score (nSPS) is 13.1. The molecule has 0 fully saturated rings. The number of hydrogen-bond acceptors (Lipinski definition) is 2. The number of likely N-dealkylation sites (N-methyl/N-ethyl adjacent to an activating group) is 1. The molecular weight excluding hydrogens is 381 g/mol. The average molecular weight is 398 g/mol. The van der Waals surface area contributed by atoms with Crippen LogP contribution in [0.1, 0.15) is 25.5 Å². The van der Waals surface area contributed by atoms with Crippen LogP contribution in [0.2, 0.25) is 0 Å². The fraction of sp³-hybridized carbons (Fsp3) is 0.500. The van der Waals surface area contributed by atoms with Crippen molar-refractivity contribution in [1.29, 1.82) is 0 Å². The van der Waals surface area contributed by atoms with Crippen molar-refractivity contribution in [2.75, 3.05) is 13.7 Å². The standard InChI is InChI=1S/C12H17BrINO/c1-8(2)16-7-12(15-3)10-6-9(13)4-5-11(10)14/h4-6,8,12,15H,7H2,1-3H3. The molecule has 0 aromatic heterocycles. The molecule has 0 amide bonds. The maximum Gasteiger partial charge on any atom is 0.0665 e. The van der Waals surface area contributed by atoms with Gasteiger partial charge in [0, 0.05) is 8.04 Å². The Morgan fingerprint density at radius 3 is 2.69 bits per heavy atom. The molecule has 1 atom stereocenters. The van der Waals surface area contributed by atoms with E-state index in [1.54, 1.807) is 0 Å². The molecule has 0 spiro atoms. The predicted octanol–water partition coefficient (Wildman–Crippen LogP) is 3.74. The summed E-state index contributed by atoms with van der Waals surface area (Å²) in [4.78, 5) is 0. The molecule has 1 rings (SSSR count). The number of benzene rings is 1. The minimum absolute atomic E-state index is 0.242. The van der Waals surface area contributed by atoms with Gasteiger partial charge in [-0.3, -0.25) is 0 Å². The third kappa shape index (κ3) is 4.31. The lowest BCUT2D eigenvalue weighted by Gasteiger charge is -2.20. The molecule has 0 bridgehead atoms. The van der Waals surface area contributed by atoms with E-state index in [0.717, 1.165) is 4.47 Å². The van der Waals surface area contributed by atoms with E-state index < -0.39 is 0 Å². The summed E-state index contributed by atoms with van der Waals surface area (Å²) in [5.41, 5.74) is 1.28. The summed E-state index contributed by atoms with van der Waals surface area (Å²) in [6, 6.07) is 6.56. The first-order chi connectivity index (χ1) is 7.54. The fourth-order valence-corrected chi connectivity index (χ4v) is 2.49. The molecule has 0 aliphatic heterocycles. The van der Waals surface area contributed by atoms with Gasteiger partial charge in [0.1, 0.15) is 0 Å². The Bertz CT molecular complexity index is 344. The largest absolute Gasteiger partial charge is 0.377 e.